The second-order valence-corrected chi connectivity index (χ2v) is 6.73. The van der Waals surface area contributed by atoms with Crippen LogP contribution in [0.4, 0.5) is 4.39 Å². The molecule has 1 fully saturated rings. The number of halogens is 2. The molecule has 0 unspecified atom stereocenters. The molecule has 2 aromatic rings. The van der Waals surface area contributed by atoms with Crippen LogP contribution in [0.25, 0.3) is 5.69 Å². The number of carbonyl (C=O) groups excluding carboxylic acids is 1. The molecule has 3 N–H and O–H groups in total. The van der Waals surface area contributed by atoms with Gasteiger partial charge in [0.15, 0.2) is 5.96 Å². The minimum atomic E-state index is -0.263. The van der Waals surface area contributed by atoms with E-state index < -0.39 is 0 Å². The first-order valence-corrected chi connectivity index (χ1v) is 9.76. The molecule has 0 spiro atoms. The molecular formula is C20H28FIN6O. The highest BCUT2D eigenvalue weighted by Crippen LogP contribution is 2.28. The largest absolute Gasteiger partial charge is 0.357 e. The topological polar surface area (TPSA) is 83.3 Å². The molecule has 1 aliphatic carbocycles. The molecular weight excluding hydrogens is 486 g/mol. The lowest BCUT2D eigenvalue weighted by Crippen LogP contribution is -2.41. The van der Waals surface area contributed by atoms with E-state index in [0.29, 0.717) is 26.1 Å². The molecule has 29 heavy (non-hydrogen) atoms. The van der Waals surface area contributed by atoms with Gasteiger partial charge in [0, 0.05) is 44.7 Å². The Kier molecular flexibility index (Phi) is 9.36. The zero-order chi connectivity index (χ0) is 19.8. The van der Waals surface area contributed by atoms with Gasteiger partial charge in [0.1, 0.15) is 5.82 Å². The number of amides is 1. The first-order chi connectivity index (χ1) is 13.7. The molecule has 0 radical (unpaired) electrons. The van der Waals surface area contributed by atoms with Crippen molar-refractivity contribution in [1.82, 2.24) is 25.7 Å². The zero-order valence-electron chi connectivity index (χ0n) is 16.5. The lowest BCUT2D eigenvalue weighted by atomic mass is 10.3. The summed E-state index contributed by atoms with van der Waals surface area (Å²) in [6, 6.07) is 8.16. The summed E-state index contributed by atoms with van der Waals surface area (Å²) in [6.07, 6.45) is 4.59. The highest BCUT2D eigenvalue weighted by molar-refractivity contribution is 14.0. The molecule has 7 nitrogen and oxygen atoms in total. The number of nitrogens with zero attached hydrogens (tertiary/aromatic N) is 3. The monoisotopic (exact) mass is 514 g/mol. The number of guanidine groups is 1. The average Bonchev–Trinajstić information content (AvgIpc) is 3.45. The van der Waals surface area contributed by atoms with E-state index in [9.17, 15) is 9.18 Å². The number of benzene rings is 1. The first-order valence-electron chi connectivity index (χ1n) is 9.76. The number of rotatable bonds is 9. The number of aromatic nitrogens is 2. The Morgan fingerprint density at radius 1 is 1.17 bits per heavy atom. The molecule has 1 saturated carbocycles. The van der Waals surface area contributed by atoms with Crippen molar-refractivity contribution in [1.29, 1.82) is 0 Å². The Balaban J connectivity index is 0.00000300. The quantitative estimate of drug-likeness (QED) is 0.208. The van der Waals surface area contributed by atoms with Crippen LogP contribution >= 0.6 is 24.0 Å². The number of hydrogen-bond donors (Lipinski definition) is 3. The Bertz CT molecular complexity index is 804. The van der Waals surface area contributed by atoms with Gasteiger partial charge < -0.3 is 16.0 Å². The number of nitrogens with one attached hydrogen (secondary N) is 3. The van der Waals surface area contributed by atoms with Crippen molar-refractivity contribution >= 4 is 35.8 Å². The predicted octanol–water partition coefficient (Wildman–Crippen LogP) is 2.25. The lowest BCUT2D eigenvalue weighted by Gasteiger charge is -2.11. The van der Waals surface area contributed by atoms with E-state index in [0.717, 1.165) is 36.7 Å². The van der Waals surface area contributed by atoms with Gasteiger partial charge in [-0.1, -0.05) is 0 Å². The molecule has 1 aromatic carbocycles. The molecule has 9 heteroatoms. The predicted molar refractivity (Wildman–Crippen MR) is 122 cm³/mol. The van der Waals surface area contributed by atoms with Crippen molar-refractivity contribution in [3.05, 3.63) is 48.0 Å². The van der Waals surface area contributed by atoms with Gasteiger partial charge in [0.2, 0.25) is 5.91 Å². The second-order valence-electron chi connectivity index (χ2n) is 6.73. The summed E-state index contributed by atoms with van der Waals surface area (Å²) in [5.74, 6) is 0.847. The summed E-state index contributed by atoms with van der Waals surface area (Å²) >= 11 is 0. The maximum absolute atomic E-state index is 13.0. The van der Waals surface area contributed by atoms with E-state index in [2.05, 4.69) is 26.0 Å². The highest BCUT2D eigenvalue weighted by Gasteiger charge is 2.28. The van der Waals surface area contributed by atoms with Crippen molar-refractivity contribution in [2.75, 3.05) is 26.2 Å². The van der Waals surface area contributed by atoms with Crippen molar-refractivity contribution < 1.29 is 9.18 Å². The molecule has 158 valence electrons. The third-order valence-electron chi connectivity index (χ3n) is 4.38. The van der Waals surface area contributed by atoms with Crippen LogP contribution in [0.3, 0.4) is 0 Å². The molecule has 3 rings (SSSR count). The van der Waals surface area contributed by atoms with Gasteiger partial charge in [0.05, 0.1) is 11.4 Å². The molecule has 0 atom stereocenters. The molecule has 0 saturated heterocycles. The Morgan fingerprint density at radius 2 is 1.90 bits per heavy atom. The Labute approximate surface area is 187 Å². The third-order valence-corrected chi connectivity index (χ3v) is 4.38. The van der Waals surface area contributed by atoms with Gasteiger partial charge in [0.25, 0.3) is 0 Å². The molecule has 0 aliphatic heterocycles. The minimum absolute atomic E-state index is 0. The fourth-order valence-corrected chi connectivity index (χ4v) is 2.71. The molecule has 0 bridgehead atoms. The van der Waals surface area contributed by atoms with Crippen molar-refractivity contribution in [3.8, 4) is 5.69 Å². The summed E-state index contributed by atoms with van der Waals surface area (Å²) in [5.41, 5.74) is 1.74. The fourth-order valence-electron chi connectivity index (χ4n) is 2.71. The number of carbonyl (C=O) groups is 1. The molecule has 1 amide bonds. The molecule has 1 aromatic heterocycles. The van der Waals surface area contributed by atoms with Gasteiger partial charge in [-0.05, 0) is 50.1 Å². The SMILES string of the molecule is CCNC(=NCCc1ccn(-c2ccc(F)cc2)n1)NCCNC(=O)C1CC1.I. The van der Waals surface area contributed by atoms with E-state index >= 15 is 0 Å². The van der Waals surface area contributed by atoms with Gasteiger partial charge in [-0.15, -0.1) is 24.0 Å². The summed E-state index contributed by atoms with van der Waals surface area (Å²) in [7, 11) is 0. The van der Waals surface area contributed by atoms with Crippen LogP contribution in [0.1, 0.15) is 25.5 Å². The average molecular weight is 514 g/mol. The van der Waals surface area contributed by atoms with E-state index in [-0.39, 0.29) is 41.6 Å². The highest BCUT2D eigenvalue weighted by atomic mass is 127. The van der Waals surface area contributed by atoms with Gasteiger partial charge in [-0.3, -0.25) is 9.79 Å². The van der Waals surface area contributed by atoms with Gasteiger partial charge in [-0.2, -0.15) is 5.10 Å². The lowest BCUT2D eigenvalue weighted by molar-refractivity contribution is -0.122. The summed E-state index contributed by atoms with van der Waals surface area (Å²) < 4.78 is 14.8. The van der Waals surface area contributed by atoms with Crippen LogP contribution in [-0.4, -0.2) is 47.8 Å². The smallest absolute Gasteiger partial charge is 0.223 e. The van der Waals surface area contributed by atoms with E-state index in [1.54, 1.807) is 16.8 Å². The Morgan fingerprint density at radius 3 is 2.59 bits per heavy atom. The zero-order valence-corrected chi connectivity index (χ0v) is 18.9. The van der Waals surface area contributed by atoms with E-state index in [1.807, 2.05) is 19.2 Å². The first kappa shape index (κ1) is 23.1. The summed E-state index contributed by atoms with van der Waals surface area (Å²) in [6.45, 7) is 4.57. The normalized spacial score (nSPS) is 13.5. The van der Waals surface area contributed by atoms with Crippen LogP contribution in [0.15, 0.2) is 41.5 Å². The molecule has 1 aliphatic rings. The van der Waals surface area contributed by atoms with Gasteiger partial charge >= 0.3 is 0 Å². The summed E-state index contributed by atoms with van der Waals surface area (Å²) in [5, 5.41) is 13.8. The van der Waals surface area contributed by atoms with Crippen molar-refractivity contribution in [2.24, 2.45) is 10.9 Å². The molecule has 1 heterocycles. The van der Waals surface area contributed by atoms with Crippen LogP contribution in [0, 0.1) is 11.7 Å². The maximum Gasteiger partial charge on any atom is 0.223 e. The van der Waals surface area contributed by atoms with Crippen molar-refractivity contribution in [3.63, 3.8) is 0 Å². The van der Waals surface area contributed by atoms with Crippen LogP contribution in [0.2, 0.25) is 0 Å². The minimum Gasteiger partial charge on any atom is -0.357 e. The number of hydrogen-bond acceptors (Lipinski definition) is 3. The summed E-state index contributed by atoms with van der Waals surface area (Å²) in [4.78, 5) is 16.2. The fraction of sp³-hybridized carbons (Fsp3) is 0.450. The standard InChI is InChI=1S/C20H27FN6O.HI/c1-2-22-20(25-13-12-23-19(28)15-3-4-15)24-11-9-17-10-14-27(26-17)18-7-5-16(21)6-8-18;/h5-8,10,14-15H,2-4,9,11-13H2,1H3,(H,23,28)(H2,22,24,25);1H. The van der Waals surface area contributed by atoms with Crippen LogP contribution in [-0.2, 0) is 11.2 Å². The Hall–Kier alpha value is -2.17. The van der Waals surface area contributed by atoms with E-state index in [1.165, 1.54) is 12.1 Å². The third kappa shape index (κ3) is 7.64. The van der Waals surface area contributed by atoms with Crippen LogP contribution < -0.4 is 16.0 Å². The van der Waals surface area contributed by atoms with Crippen LogP contribution in [0.5, 0.6) is 0 Å². The number of aliphatic imine (C=N–C) groups is 1. The maximum atomic E-state index is 13.0. The second kappa shape index (κ2) is 11.7. The van der Waals surface area contributed by atoms with Crippen molar-refractivity contribution in [2.45, 2.75) is 26.2 Å². The van der Waals surface area contributed by atoms with Gasteiger partial charge in [-0.25, -0.2) is 9.07 Å². The van der Waals surface area contributed by atoms with E-state index in [4.69, 9.17) is 0 Å².